The number of fused-ring (bicyclic) bond motifs is 2. The number of oxime groups is 1. The number of allylic oxidation sites excluding steroid dienone is 2. The van der Waals surface area contributed by atoms with Crippen LogP contribution in [0.15, 0.2) is 52.4 Å². The van der Waals surface area contributed by atoms with Crippen molar-refractivity contribution in [2.45, 2.75) is 37.4 Å². The highest BCUT2D eigenvalue weighted by atomic mass is 32.2. The maximum atomic E-state index is 13.2. The zero-order chi connectivity index (χ0) is 31.9. The van der Waals surface area contributed by atoms with E-state index in [4.69, 9.17) is 10.6 Å². The van der Waals surface area contributed by atoms with E-state index < -0.39 is 46.5 Å². The minimum atomic E-state index is -1.78. The molecule has 1 saturated heterocycles. The van der Waals surface area contributed by atoms with Gasteiger partial charge < -0.3 is 40.9 Å². The minimum Gasteiger partial charge on any atom is -0.504 e. The Morgan fingerprint density at radius 1 is 1.25 bits per heavy atom. The molecule has 0 bridgehead atoms. The molecule has 2 atom stereocenters. The van der Waals surface area contributed by atoms with Crippen molar-refractivity contribution in [2.24, 2.45) is 5.16 Å². The zero-order valence-electron chi connectivity index (χ0n) is 23.0. The number of nitrogens with two attached hydrogens (primary N) is 1. The van der Waals surface area contributed by atoms with Gasteiger partial charge in [-0.1, -0.05) is 17.3 Å². The third kappa shape index (κ3) is 5.63. The Morgan fingerprint density at radius 3 is 2.64 bits per heavy atom. The lowest BCUT2D eigenvalue weighted by atomic mass is 10.0. The van der Waals surface area contributed by atoms with Gasteiger partial charge in [0.1, 0.15) is 22.8 Å². The molecule has 230 valence electrons. The number of nitrogens with zero attached hydrogens (tertiary/aromatic N) is 5. The highest BCUT2D eigenvalue weighted by molar-refractivity contribution is 8.00. The number of thiazole rings is 1. The number of rotatable bonds is 10. The largest absolute Gasteiger partial charge is 0.504 e. The molecule has 1 aromatic carbocycles. The molecule has 16 nitrogen and oxygen atoms in total. The number of phenolic OH excluding ortho intramolecular Hbond substituents is 2. The Hall–Kier alpha value is -5.10. The number of aliphatic carboxylic acids is 2. The quantitative estimate of drug-likeness (QED) is 0.0785. The molecule has 3 aromatic rings. The Balaban J connectivity index is 1.33. The molecule has 4 heterocycles. The molecule has 2 aromatic heterocycles. The van der Waals surface area contributed by atoms with Crippen molar-refractivity contribution >= 4 is 68.7 Å². The summed E-state index contributed by atoms with van der Waals surface area (Å²) in [4.78, 5) is 64.4. The highest BCUT2D eigenvalue weighted by Crippen LogP contribution is 2.41. The SMILES string of the molecule is CC(C)(O/N=C(\C(=O)N[C@@H]1C(=O)N2C(C(=O)O)=C(/C=C/Cn3cnc4cc(O)c(O)cc43)CS[C@H]12)c1csc(N)n1)C(=O)O. The molecule has 7 N–H and O–H groups in total. The molecule has 0 saturated carbocycles. The fourth-order valence-electron chi connectivity index (χ4n) is 4.32. The first-order valence-corrected chi connectivity index (χ1v) is 14.7. The number of aromatic hydroxyl groups is 2. The summed E-state index contributed by atoms with van der Waals surface area (Å²) in [5.74, 6) is -4.63. The van der Waals surface area contributed by atoms with Crippen molar-refractivity contribution < 1.29 is 44.4 Å². The van der Waals surface area contributed by atoms with E-state index in [1.807, 2.05) is 0 Å². The number of benzene rings is 1. The van der Waals surface area contributed by atoms with E-state index in [1.54, 1.807) is 16.7 Å². The predicted molar refractivity (Wildman–Crippen MR) is 158 cm³/mol. The van der Waals surface area contributed by atoms with Gasteiger partial charge in [0, 0.05) is 29.8 Å². The second-order valence-corrected chi connectivity index (χ2v) is 12.1. The molecule has 0 aliphatic carbocycles. The van der Waals surface area contributed by atoms with Crippen molar-refractivity contribution in [3.63, 3.8) is 0 Å². The van der Waals surface area contributed by atoms with E-state index in [0.29, 0.717) is 16.6 Å². The number of nitrogens with one attached hydrogen (secondary N) is 1. The van der Waals surface area contributed by atoms with Crippen LogP contribution in [0, 0.1) is 0 Å². The molecule has 2 amide bonds. The lowest BCUT2D eigenvalue weighted by Gasteiger charge is -2.49. The van der Waals surface area contributed by atoms with Gasteiger partial charge in [0.25, 0.3) is 11.8 Å². The normalized spacial score (nSPS) is 18.8. The van der Waals surface area contributed by atoms with Crippen LogP contribution in [-0.2, 0) is 30.6 Å². The summed E-state index contributed by atoms with van der Waals surface area (Å²) >= 11 is 2.25. The monoisotopic (exact) mass is 643 g/mol. The predicted octanol–water partition coefficient (Wildman–Crippen LogP) is 1.07. The van der Waals surface area contributed by atoms with Crippen LogP contribution in [0.1, 0.15) is 19.5 Å². The lowest BCUT2D eigenvalue weighted by molar-refractivity contribution is -0.161. The zero-order valence-corrected chi connectivity index (χ0v) is 24.6. The molecule has 2 aliphatic heterocycles. The number of imidazole rings is 1. The Labute approximate surface area is 256 Å². The summed E-state index contributed by atoms with van der Waals surface area (Å²) in [5.41, 5.74) is 4.63. The van der Waals surface area contributed by atoms with E-state index in [0.717, 1.165) is 16.2 Å². The van der Waals surface area contributed by atoms with E-state index in [1.165, 1.54) is 49.4 Å². The maximum Gasteiger partial charge on any atom is 0.352 e. The van der Waals surface area contributed by atoms with Crippen LogP contribution in [0.3, 0.4) is 0 Å². The number of carbonyl (C=O) groups is 4. The number of amides is 2. The van der Waals surface area contributed by atoms with Crippen LogP contribution in [0.25, 0.3) is 11.0 Å². The van der Waals surface area contributed by atoms with Crippen LogP contribution in [-0.4, -0.2) is 92.1 Å². The fourth-order valence-corrected chi connectivity index (χ4v) is 6.18. The molecule has 5 rings (SSSR count). The van der Waals surface area contributed by atoms with Crippen molar-refractivity contribution in [2.75, 3.05) is 11.5 Å². The number of carboxylic acids is 2. The molecule has 0 unspecified atom stereocenters. The minimum absolute atomic E-state index is 0.00217. The van der Waals surface area contributed by atoms with E-state index >= 15 is 0 Å². The number of phenols is 2. The topological polar surface area (TPSA) is 243 Å². The number of β-lactam (4-membered cyclic amide) rings is 1. The van der Waals surface area contributed by atoms with Gasteiger partial charge in [0.2, 0.25) is 5.60 Å². The average molecular weight is 644 g/mol. The Morgan fingerprint density at radius 2 is 1.98 bits per heavy atom. The van der Waals surface area contributed by atoms with Crippen molar-refractivity contribution in [1.29, 1.82) is 0 Å². The first-order valence-electron chi connectivity index (χ1n) is 12.7. The van der Waals surface area contributed by atoms with Gasteiger partial charge in [0.05, 0.1) is 17.4 Å². The van der Waals surface area contributed by atoms with Crippen molar-refractivity contribution in [3.05, 3.63) is 53.0 Å². The highest BCUT2D eigenvalue weighted by Gasteiger charge is 2.54. The number of thioether (sulfide) groups is 1. The number of hydrogen-bond donors (Lipinski definition) is 6. The standard InChI is InChI=1S/C26H25N7O9S2/c1-26(2,24(40)41)42-31-17(13-9-44-25(27)29-13)20(36)30-18-21(37)33-19(23(38)39)11(8-43-22(18)33)4-3-5-32-10-28-12-6-15(34)16(35)7-14(12)32/h3-4,6-7,9-10,18,22,34-35H,5,8H2,1-2H3,(H2,27,29)(H,30,36)(H,38,39)(H,40,41)/b4-3+,31-17-/t18-,22-/m1/s1. The van der Waals surface area contributed by atoms with Crippen LogP contribution >= 0.6 is 23.1 Å². The van der Waals surface area contributed by atoms with E-state index in [9.17, 15) is 39.6 Å². The molecule has 44 heavy (non-hydrogen) atoms. The summed E-state index contributed by atoms with van der Waals surface area (Å²) in [6.45, 7) is 2.72. The summed E-state index contributed by atoms with van der Waals surface area (Å²) in [6, 6.07) is 1.58. The first-order chi connectivity index (χ1) is 20.8. The molecule has 18 heteroatoms. The first kappa shape index (κ1) is 30.4. The summed E-state index contributed by atoms with van der Waals surface area (Å²) in [5, 5.41) is 45.8. The number of nitrogen functional groups attached to an aromatic ring is 1. The summed E-state index contributed by atoms with van der Waals surface area (Å²) in [7, 11) is 0. The Bertz CT molecular complexity index is 1790. The van der Waals surface area contributed by atoms with Gasteiger partial charge in [-0.25, -0.2) is 19.6 Å². The number of anilines is 1. The van der Waals surface area contributed by atoms with Gasteiger partial charge >= 0.3 is 11.9 Å². The van der Waals surface area contributed by atoms with Gasteiger partial charge in [-0.15, -0.1) is 23.1 Å². The number of carboxylic acid groups (broad SMARTS) is 2. The van der Waals surface area contributed by atoms with Crippen LogP contribution in [0.2, 0.25) is 0 Å². The summed E-state index contributed by atoms with van der Waals surface area (Å²) in [6.07, 6.45) is 4.76. The second kappa shape index (κ2) is 11.5. The smallest absolute Gasteiger partial charge is 0.352 e. The number of carbonyl (C=O) groups excluding carboxylic acids is 2. The van der Waals surface area contributed by atoms with Crippen LogP contribution < -0.4 is 11.1 Å². The molecule has 2 aliphatic rings. The van der Waals surface area contributed by atoms with Gasteiger partial charge in [-0.2, -0.15) is 0 Å². The van der Waals surface area contributed by atoms with Gasteiger partial charge in [-0.3, -0.25) is 14.5 Å². The molecule has 1 fully saturated rings. The van der Waals surface area contributed by atoms with Crippen molar-refractivity contribution in [1.82, 2.24) is 24.8 Å². The second-order valence-electron chi connectivity index (χ2n) is 10.1. The van der Waals surface area contributed by atoms with E-state index in [2.05, 4.69) is 20.4 Å². The Kier molecular flexibility index (Phi) is 7.96. The maximum absolute atomic E-state index is 13.2. The third-order valence-corrected chi connectivity index (χ3v) is 8.66. The van der Waals surface area contributed by atoms with Gasteiger partial charge in [-0.05, 0) is 19.4 Å². The molecule has 0 radical (unpaired) electrons. The van der Waals surface area contributed by atoms with Crippen LogP contribution in [0.4, 0.5) is 5.13 Å². The molecular weight excluding hydrogens is 618 g/mol. The fraction of sp³-hybridized carbons (Fsp3) is 0.269. The molecule has 0 spiro atoms. The number of aromatic nitrogens is 3. The van der Waals surface area contributed by atoms with Crippen LogP contribution in [0.5, 0.6) is 11.5 Å². The average Bonchev–Trinajstić information content (AvgIpc) is 3.56. The lowest BCUT2D eigenvalue weighted by Crippen LogP contribution is -2.71. The molecular formula is C26H25N7O9S2. The van der Waals surface area contributed by atoms with E-state index in [-0.39, 0.29) is 40.3 Å². The van der Waals surface area contributed by atoms with Crippen molar-refractivity contribution in [3.8, 4) is 11.5 Å². The number of hydrogen-bond acceptors (Lipinski definition) is 13. The third-order valence-electron chi connectivity index (χ3n) is 6.69. The summed E-state index contributed by atoms with van der Waals surface area (Å²) < 4.78 is 1.68. The van der Waals surface area contributed by atoms with Gasteiger partial charge in [0.15, 0.2) is 22.3 Å².